The van der Waals surface area contributed by atoms with Crippen molar-refractivity contribution in [1.82, 2.24) is 29.7 Å². The minimum atomic E-state index is -3.89. The van der Waals surface area contributed by atoms with Crippen LogP contribution in [0.3, 0.4) is 0 Å². The zero-order valence-corrected chi connectivity index (χ0v) is 24.1. The third-order valence-electron chi connectivity index (χ3n) is 7.46. The Kier molecular flexibility index (Phi) is 7.26. The molecule has 10 nitrogen and oxygen atoms in total. The number of hydrogen-bond donors (Lipinski definition) is 1. The first kappa shape index (κ1) is 29.5. The van der Waals surface area contributed by atoms with Crippen molar-refractivity contribution in [2.75, 3.05) is 23.3 Å². The number of hydrogen-bond acceptors (Lipinski definition) is 8. The predicted molar refractivity (Wildman–Crippen MR) is 156 cm³/mol. The Balaban J connectivity index is 1.23. The molecule has 0 saturated carbocycles. The first-order valence-corrected chi connectivity index (χ1v) is 14.2. The second-order valence-corrected chi connectivity index (χ2v) is 11.0. The van der Waals surface area contributed by atoms with Crippen molar-refractivity contribution >= 4 is 29.0 Å². The van der Waals surface area contributed by atoms with Crippen LogP contribution >= 0.6 is 11.6 Å². The lowest BCUT2D eigenvalue weighted by atomic mass is 10.0. The van der Waals surface area contributed by atoms with E-state index < -0.39 is 29.6 Å². The van der Waals surface area contributed by atoms with Gasteiger partial charge in [0.15, 0.2) is 12.0 Å². The van der Waals surface area contributed by atoms with Crippen molar-refractivity contribution in [3.8, 4) is 34.1 Å². The van der Waals surface area contributed by atoms with Crippen LogP contribution in [0.1, 0.15) is 34.2 Å². The fourth-order valence-electron chi connectivity index (χ4n) is 5.37. The molecule has 1 aromatic carbocycles. The van der Waals surface area contributed by atoms with Crippen LogP contribution in [0.15, 0.2) is 67.4 Å². The summed E-state index contributed by atoms with van der Waals surface area (Å²) in [4.78, 5) is 31.7. The highest BCUT2D eigenvalue weighted by atomic mass is 35.5. The molecule has 2 atom stereocenters. The van der Waals surface area contributed by atoms with Crippen LogP contribution in [0.2, 0.25) is 0 Å². The maximum atomic E-state index is 15.5. The third kappa shape index (κ3) is 5.69. The standard InChI is InChI=1S/C30H20ClF5N8O2/c31-30(35,36)46-20-3-1-19(2-4-20)41-28(45)16-8-21(27(38-10-16)43-6-5-17(32)13-43)15-7-22-25-23(24(34)26(22)37-9-15)14-44(42-25)29-39-11-18(33)12-40-29/h1-4,7-12,14,17,24H,5-6,13H2,(H,41,45)/t17-,24?/m1/s1. The monoisotopic (exact) mass is 654 g/mol. The van der Waals surface area contributed by atoms with Crippen LogP contribution in [-0.2, 0) is 0 Å². The summed E-state index contributed by atoms with van der Waals surface area (Å²) >= 11 is 4.80. The molecule has 1 fully saturated rings. The van der Waals surface area contributed by atoms with Crippen molar-refractivity contribution in [2.24, 2.45) is 0 Å². The molecule has 1 N–H and O–H groups in total. The topological polar surface area (TPSA) is 111 Å². The van der Waals surface area contributed by atoms with E-state index in [1.165, 1.54) is 47.5 Å². The van der Waals surface area contributed by atoms with E-state index in [1.807, 2.05) is 0 Å². The van der Waals surface area contributed by atoms with Gasteiger partial charge in [-0.2, -0.15) is 5.10 Å². The number of fused-ring (bicyclic) bond motifs is 3. The van der Waals surface area contributed by atoms with Gasteiger partial charge in [0.05, 0.1) is 30.2 Å². The number of halogens is 6. The van der Waals surface area contributed by atoms with Crippen LogP contribution in [0.5, 0.6) is 5.75 Å². The van der Waals surface area contributed by atoms with Crippen molar-refractivity contribution in [3.05, 3.63) is 90.0 Å². The van der Waals surface area contributed by atoms with E-state index in [0.717, 1.165) is 12.4 Å². The molecule has 1 unspecified atom stereocenters. The molecule has 5 heterocycles. The Morgan fingerprint density at radius 2 is 1.76 bits per heavy atom. The van der Waals surface area contributed by atoms with Crippen molar-refractivity contribution in [3.63, 3.8) is 0 Å². The number of rotatable bonds is 7. The molecule has 234 valence electrons. The Hall–Kier alpha value is -5.18. The quantitative estimate of drug-likeness (QED) is 0.162. The lowest BCUT2D eigenvalue weighted by Gasteiger charge is -2.21. The molecule has 1 amide bonds. The van der Waals surface area contributed by atoms with Gasteiger partial charge in [-0.25, -0.2) is 32.8 Å². The number of nitrogens with zero attached hydrogens (tertiary/aromatic N) is 7. The fourth-order valence-corrected chi connectivity index (χ4v) is 5.46. The van der Waals surface area contributed by atoms with E-state index in [1.54, 1.807) is 17.0 Å². The fraction of sp³-hybridized carbons (Fsp3) is 0.200. The van der Waals surface area contributed by atoms with Crippen molar-refractivity contribution in [1.29, 1.82) is 0 Å². The lowest BCUT2D eigenvalue weighted by molar-refractivity contribution is -0.0964. The Bertz CT molecular complexity index is 1950. The van der Waals surface area contributed by atoms with Gasteiger partial charge in [-0.05, 0) is 42.8 Å². The van der Waals surface area contributed by atoms with Crippen LogP contribution in [0, 0.1) is 5.82 Å². The van der Waals surface area contributed by atoms with Gasteiger partial charge in [-0.3, -0.25) is 9.78 Å². The third-order valence-corrected chi connectivity index (χ3v) is 7.53. The summed E-state index contributed by atoms with van der Waals surface area (Å²) in [5.41, 5.74) is -1.53. The molecule has 0 bridgehead atoms. The molecule has 0 spiro atoms. The SMILES string of the molecule is O=C(Nc1ccc(OC(F)(F)Cl)cc1)c1cnc(N2CC[C@@H](F)C2)c(-c2cnc3c(c2)-c2nn(-c4ncc(F)cn4)cc2C3F)c1. The lowest BCUT2D eigenvalue weighted by Crippen LogP contribution is -2.22. The van der Waals surface area contributed by atoms with Gasteiger partial charge >= 0.3 is 5.57 Å². The second-order valence-electron chi connectivity index (χ2n) is 10.6. The number of alkyl halides is 5. The maximum Gasteiger partial charge on any atom is 0.487 e. The van der Waals surface area contributed by atoms with Crippen molar-refractivity contribution in [2.45, 2.75) is 24.3 Å². The number of pyridine rings is 2. The van der Waals surface area contributed by atoms with Crippen LogP contribution in [0.4, 0.5) is 33.5 Å². The zero-order chi connectivity index (χ0) is 32.2. The molecule has 1 aliphatic heterocycles. The number of benzene rings is 1. The number of amides is 1. The van der Waals surface area contributed by atoms with E-state index in [0.29, 0.717) is 35.5 Å². The van der Waals surface area contributed by atoms with Gasteiger partial charge in [-0.15, -0.1) is 8.78 Å². The number of ether oxygens (including phenoxy) is 1. The molecule has 2 aliphatic rings. The van der Waals surface area contributed by atoms with E-state index in [2.05, 4.69) is 35.1 Å². The highest BCUT2D eigenvalue weighted by Crippen LogP contribution is 2.46. The summed E-state index contributed by atoms with van der Waals surface area (Å²) in [7, 11) is 0. The van der Waals surface area contributed by atoms with E-state index in [9.17, 15) is 22.4 Å². The molecule has 16 heteroatoms. The molecule has 4 aromatic heterocycles. The van der Waals surface area contributed by atoms with Gasteiger partial charge in [0.1, 0.15) is 23.4 Å². The molecular formula is C30H20ClF5N8O2. The van der Waals surface area contributed by atoms with Crippen LogP contribution in [-0.4, -0.2) is 60.5 Å². The Morgan fingerprint density at radius 1 is 1.00 bits per heavy atom. The average molecular weight is 655 g/mol. The van der Waals surface area contributed by atoms with Gasteiger partial charge in [0.2, 0.25) is 0 Å². The normalized spacial score (nSPS) is 17.1. The van der Waals surface area contributed by atoms with E-state index in [4.69, 9.17) is 11.6 Å². The number of carbonyl (C=O) groups is 1. The summed E-state index contributed by atoms with van der Waals surface area (Å²) in [6.45, 7) is 0.484. The summed E-state index contributed by atoms with van der Waals surface area (Å²) in [6.07, 6.45) is 3.79. The molecule has 0 radical (unpaired) electrons. The van der Waals surface area contributed by atoms with E-state index in [-0.39, 0.29) is 46.4 Å². The van der Waals surface area contributed by atoms with Crippen LogP contribution in [0.25, 0.3) is 28.3 Å². The van der Waals surface area contributed by atoms with Gasteiger partial charge in [0.25, 0.3) is 11.9 Å². The highest BCUT2D eigenvalue weighted by Gasteiger charge is 2.35. The number of aromatic nitrogens is 6. The molecule has 1 aliphatic carbocycles. The Morgan fingerprint density at radius 3 is 2.46 bits per heavy atom. The maximum absolute atomic E-state index is 15.5. The summed E-state index contributed by atoms with van der Waals surface area (Å²) in [5.74, 6) is -0.957. The molecule has 5 aromatic rings. The van der Waals surface area contributed by atoms with Gasteiger partial charge in [0, 0.05) is 64.7 Å². The number of carbonyl (C=O) groups excluding carboxylic acids is 1. The number of nitrogens with one attached hydrogen (secondary N) is 1. The summed E-state index contributed by atoms with van der Waals surface area (Å²) in [6, 6.07) is 8.37. The molecule has 1 saturated heterocycles. The first-order valence-electron chi connectivity index (χ1n) is 13.8. The molecular weight excluding hydrogens is 635 g/mol. The smallest absolute Gasteiger partial charge is 0.420 e. The predicted octanol–water partition coefficient (Wildman–Crippen LogP) is 6.27. The van der Waals surface area contributed by atoms with E-state index >= 15 is 4.39 Å². The summed E-state index contributed by atoms with van der Waals surface area (Å²) < 4.78 is 74.5. The molecule has 46 heavy (non-hydrogen) atoms. The minimum Gasteiger partial charge on any atom is -0.420 e. The average Bonchev–Trinajstić information content (AvgIpc) is 3.73. The summed E-state index contributed by atoms with van der Waals surface area (Å²) in [5, 5.41) is 7.10. The first-order chi connectivity index (χ1) is 22.0. The minimum absolute atomic E-state index is 0.0489. The Labute approximate surface area is 261 Å². The zero-order valence-electron chi connectivity index (χ0n) is 23.3. The molecule has 7 rings (SSSR count). The van der Waals surface area contributed by atoms with Gasteiger partial charge < -0.3 is 15.0 Å². The van der Waals surface area contributed by atoms with Gasteiger partial charge in [-0.1, -0.05) is 0 Å². The van der Waals surface area contributed by atoms with Crippen molar-refractivity contribution < 1.29 is 31.5 Å². The second kappa shape index (κ2) is 11.3. The number of anilines is 2. The van der Waals surface area contributed by atoms with Crippen LogP contribution < -0.4 is 15.0 Å². The highest BCUT2D eigenvalue weighted by molar-refractivity contribution is 6.20. The largest absolute Gasteiger partial charge is 0.487 e.